The summed E-state index contributed by atoms with van der Waals surface area (Å²) in [7, 11) is 2.09. The van der Waals surface area contributed by atoms with Gasteiger partial charge in [-0.2, -0.15) is 0 Å². The Kier molecular flexibility index (Phi) is 7.71. The first-order valence-electron chi connectivity index (χ1n) is 10.2. The number of hydrogen-bond acceptors (Lipinski definition) is 5. The monoisotopic (exact) mass is 441 g/mol. The van der Waals surface area contributed by atoms with Crippen molar-refractivity contribution in [2.45, 2.75) is 39.5 Å². The van der Waals surface area contributed by atoms with Gasteiger partial charge in [-0.3, -0.25) is 19.2 Å². The molecule has 6 nitrogen and oxygen atoms in total. The van der Waals surface area contributed by atoms with Gasteiger partial charge in [0, 0.05) is 36.2 Å². The molecule has 0 aliphatic heterocycles. The van der Waals surface area contributed by atoms with Crippen LogP contribution in [0, 0.1) is 0 Å². The molecule has 2 heterocycles. The topological polar surface area (TPSA) is 56.6 Å². The van der Waals surface area contributed by atoms with Crippen molar-refractivity contribution in [3.05, 3.63) is 82.0 Å². The molecule has 0 unspecified atom stereocenters. The molecule has 7 heteroatoms. The predicted molar refractivity (Wildman–Crippen MR) is 123 cm³/mol. The van der Waals surface area contributed by atoms with E-state index in [0.29, 0.717) is 29.5 Å². The summed E-state index contributed by atoms with van der Waals surface area (Å²) >= 11 is 5.83. The zero-order chi connectivity index (χ0) is 22.4. The van der Waals surface area contributed by atoms with E-state index in [9.17, 15) is 4.79 Å². The molecule has 1 aromatic carbocycles. The smallest absolute Gasteiger partial charge is 0.258 e. The van der Waals surface area contributed by atoms with Crippen LogP contribution in [0.2, 0.25) is 5.02 Å². The van der Waals surface area contributed by atoms with Crippen LogP contribution >= 0.6 is 11.6 Å². The molecule has 0 radical (unpaired) electrons. The van der Waals surface area contributed by atoms with Gasteiger partial charge in [-0.05, 0) is 70.3 Å². The lowest BCUT2D eigenvalue weighted by Gasteiger charge is -2.28. The second-order valence-electron chi connectivity index (χ2n) is 7.74. The number of ether oxygens (including phenoxy) is 2. The van der Waals surface area contributed by atoms with E-state index >= 15 is 0 Å². The third-order valence-corrected chi connectivity index (χ3v) is 5.41. The van der Waals surface area contributed by atoms with Crippen LogP contribution in [-0.2, 0) is 6.61 Å². The van der Waals surface area contributed by atoms with Crippen LogP contribution in [0.5, 0.6) is 11.5 Å². The fourth-order valence-corrected chi connectivity index (χ4v) is 3.07. The van der Waals surface area contributed by atoms with Crippen LogP contribution in [0.1, 0.15) is 26.5 Å². The predicted octanol–water partition coefficient (Wildman–Crippen LogP) is 4.57. The van der Waals surface area contributed by atoms with E-state index in [4.69, 9.17) is 21.1 Å². The van der Waals surface area contributed by atoms with Gasteiger partial charge in [0.1, 0.15) is 24.7 Å². The fourth-order valence-electron chi connectivity index (χ4n) is 2.96. The van der Waals surface area contributed by atoms with E-state index in [1.807, 2.05) is 24.3 Å². The van der Waals surface area contributed by atoms with E-state index in [1.54, 1.807) is 35.2 Å². The van der Waals surface area contributed by atoms with Crippen LogP contribution < -0.4 is 15.0 Å². The first kappa shape index (κ1) is 22.8. The van der Waals surface area contributed by atoms with Crippen molar-refractivity contribution in [3.8, 4) is 17.2 Å². The third kappa shape index (κ3) is 6.32. The van der Waals surface area contributed by atoms with Crippen LogP contribution in [0.25, 0.3) is 5.69 Å². The minimum absolute atomic E-state index is 0.178. The number of likely N-dealkylation sites (N-methyl/N-ethyl adjacent to an activating group) is 1. The molecule has 31 heavy (non-hydrogen) atoms. The van der Waals surface area contributed by atoms with E-state index in [-0.39, 0.29) is 12.2 Å². The summed E-state index contributed by atoms with van der Waals surface area (Å²) in [6.07, 6.45) is 3.26. The highest BCUT2D eigenvalue weighted by atomic mass is 35.5. The number of hydrogen-bond donors (Lipinski definition) is 0. The van der Waals surface area contributed by atoms with Gasteiger partial charge in [-0.15, -0.1) is 0 Å². The Labute approximate surface area is 188 Å². The molecule has 164 valence electrons. The molecule has 0 N–H and O–H groups in total. The average Bonchev–Trinajstić information content (AvgIpc) is 2.77. The van der Waals surface area contributed by atoms with Crippen LogP contribution in [0.3, 0.4) is 0 Å². The molecule has 0 fully saturated rings. The Morgan fingerprint density at radius 3 is 2.39 bits per heavy atom. The maximum atomic E-state index is 12.5. The molecule has 0 aliphatic carbocycles. The van der Waals surface area contributed by atoms with Gasteiger partial charge in [0.05, 0.1) is 10.7 Å². The summed E-state index contributed by atoms with van der Waals surface area (Å²) in [5.74, 6) is 1.26. The van der Waals surface area contributed by atoms with Crippen LogP contribution in [-0.4, -0.2) is 40.2 Å². The summed E-state index contributed by atoms with van der Waals surface area (Å²) in [6, 6.07) is 15.0. The Bertz CT molecular complexity index is 1030. The maximum absolute atomic E-state index is 12.5. The fraction of sp³-hybridized carbons (Fsp3) is 0.333. The van der Waals surface area contributed by atoms with Gasteiger partial charge >= 0.3 is 0 Å². The Morgan fingerprint density at radius 2 is 1.77 bits per heavy atom. The summed E-state index contributed by atoms with van der Waals surface area (Å²) in [5.41, 5.74) is 1.32. The number of nitrogens with zero attached hydrogens (tertiary/aromatic N) is 3. The summed E-state index contributed by atoms with van der Waals surface area (Å²) in [5, 5.41) is 0.570. The highest BCUT2D eigenvalue weighted by Gasteiger charge is 2.13. The molecule has 3 aromatic rings. The number of pyridine rings is 2. The first-order valence-corrected chi connectivity index (χ1v) is 10.6. The van der Waals surface area contributed by atoms with Gasteiger partial charge in [0.15, 0.2) is 0 Å². The van der Waals surface area contributed by atoms with E-state index in [0.717, 1.165) is 17.1 Å². The quantitative estimate of drug-likeness (QED) is 0.486. The van der Waals surface area contributed by atoms with Crippen molar-refractivity contribution >= 4 is 11.6 Å². The lowest BCUT2D eigenvalue weighted by Crippen LogP contribution is -2.38. The molecule has 1 atom stereocenters. The van der Waals surface area contributed by atoms with Gasteiger partial charge in [0.25, 0.3) is 5.56 Å². The van der Waals surface area contributed by atoms with E-state index < -0.39 is 0 Å². The number of benzene rings is 1. The molecule has 2 aromatic heterocycles. The normalized spacial score (nSPS) is 12.2. The molecular formula is C24H28ClN3O3. The Morgan fingerprint density at radius 1 is 1.03 bits per heavy atom. The first-order chi connectivity index (χ1) is 14.8. The van der Waals surface area contributed by atoms with E-state index in [2.05, 4.69) is 37.7 Å². The second-order valence-corrected chi connectivity index (χ2v) is 8.18. The SMILES string of the molecule is CC(C)N(C)[C@@H](C)COc1ccc(-n2ccc(OCc3ccc(Cl)cn3)cc2=O)cc1. The molecular weight excluding hydrogens is 414 g/mol. The molecule has 0 bridgehead atoms. The number of halogens is 1. The minimum Gasteiger partial charge on any atom is -0.492 e. The highest BCUT2D eigenvalue weighted by molar-refractivity contribution is 6.30. The molecule has 0 spiro atoms. The lowest BCUT2D eigenvalue weighted by atomic mass is 10.2. The van der Waals surface area contributed by atoms with Gasteiger partial charge in [0.2, 0.25) is 0 Å². The van der Waals surface area contributed by atoms with Crippen molar-refractivity contribution in [3.63, 3.8) is 0 Å². The van der Waals surface area contributed by atoms with Gasteiger partial charge in [-0.25, -0.2) is 0 Å². The minimum atomic E-state index is -0.178. The Balaban J connectivity index is 1.60. The third-order valence-electron chi connectivity index (χ3n) is 5.18. The van der Waals surface area contributed by atoms with Crippen molar-refractivity contribution in [2.75, 3.05) is 13.7 Å². The van der Waals surface area contributed by atoms with Crippen LogP contribution in [0.4, 0.5) is 0 Å². The Hall–Kier alpha value is -2.83. The molecule has 0 saturated heterocycles. The van der Waals surface area contributed by atoms with Crippen molar-refractivity contribution in [2.24, 2.45) is 0 Å². The zero-order valence-corrected chi connectivity index (χ0v) is 19.0. The summed E-state index contributed by atoms with van der Waals surface area (Å²) < 4.78 is 13.1. The second kappa shape index (κ2) is 10.5. The molecule has 0 saturated carbocycles. The van der Waals surface area contributed by atoms with Crippen molar-refractivity contribution in [1.82, 2.24) is 14.5 Å². The summed E-state index contributed by atoms with van der Waals surface area (Å²) in [4.78, 5) is 19.0. The van der Waals surface area contributed by atoms with Gasteiger partial charge in [-0.1, -0.05) is 11.6 Å². The average molecular weight is 442 g/mol. The lowest BCUT2D eigenvalue weighted by molar-refractivity contribution is 0.145. The largest absolute Gasteiger partial charge is 0.492 e. The number of aromatic nitrogens is 2. The highest BCUT2D eigenvalue weighted by Crippen LogP contribution is 2.17. The standard InChI is InChI=1S/C24H28ClN3O3/c1-17(2)27(4)18(3)15-30-22-9-7-21(8-10-22)28-12-11-23(13-24(28)29)31-16-20-6-5-19(25)14-26-20/h5-14,17-18H,15-16H2,1-4H3/t18-/m0/s1. The van der Waals surface area contributed by atoms with Crippen molar-refractivity contribution < 1.29 is 9.47 Å². The molecule has 3 rings (SSSR count). The molecule has 0 aliphatic rings. The number of rotatable bonds is 9. The maximum Gasteiger partial charge on any atom is 0.258 e. The van der Waals surface area contributed by atoms with Crippen LogP contribution in [0.15, 0.2) is 65.7 Å². The molecule has 0 amide bonds. The summed E-state index contributed by atoms with van der Waals surface area (Å²) in [6.45, 7) is 7.32. The van der Waals surface area contributed by atoms with E-state index in [1.165, 1.54) is 6.07 Å². The zero-order valence-electron chi connectivity index (χ0n) is 18.3. The van der Waals surface area contributed by atoms with Gasteiger partial charge < -0.3 is 9.47 Å². The van der Waals surface area contributed by atoms with Crippen molar-refractivity contribution in [1.29, 1.82) is 0 Å².